The second-order valence-corrected chi connectivity index (χ2v) is 4.22. The Balaban J connectivity index is 2.68. The van der Waals surface area contributed by atoms with Crippen LogP contribution in [-0.2, 0) is 4.79 Å². The van der Waals surface area contributed by atoms with Crippen LogP contribution in [0.15, 0.2) is 18.2 Å². The first-order chi connectivity index (χ1) is 9.97. The molecule has 0 radical (unpaired) electrons. The number of aliphatic carboxylic acids is 1. The average molecular weight is 296 g/mol. The van der Waals surface area contributed by atoms with Crippen molar-refractivity contribution in [2.75, 3.05) is 13.7 Å². The van der Waals surface area contributed by atoms with Gasteiger partial charge in [-0.1, -0.05) is 6.07 Å². The fourth-order valence-electron chi connectivity index (χ4n) is 1.76. The van der Waals surface area contributed by atoms with Gasteiger partial charge in [-0.3, -0.25) is 19.7 Å². The quantitative estimate of drug-likeness (QED) is 0.427. The molecule has 0 spiro atoms. The summed E-state index contributed by atoms with van der Waals surface area (Å²) < 4.78 is 4.94. The zero-order valence-electron chi connectivity index (χ0n) is 11.5. The molecular weight excluding hydrogens is 280 g/mol. The Labute approximate surface area is 120 Å². The van der Waals surface area contributed by atoms with Crippen molar-refractivity contribution < 1.29 is 24.4 Å². The topological polar surface area (TPSA) is 119 Å². The molecule has 1 aromatic rings. The van der Waals surface area contributed by atoms with Crippen molar-refractivity contribution >= 4 is 17.6 Å². The summed E-state index contributed by atoms with van der Waals surface area (Å²) in [6.07, 6.45) is 0.993. The number of hydrogen-bond donors (Lipinski definition) is 2. The Hall–Kier alpha value is -2.64. The van der Waals surface area contributed by atoms with Gasteiger partial charge in [-0.2, -0.15) is 0 Å². The Kier molecular flexibility index (Phi) is 6.12. The van der Waals surface area contributed by atoms with Crippen LogP contribution in [0.4, 0.5) is 5.69 Å². The molecule has 0 saturated carbocycles. The second kappa shape index (κ2) is 7.83. The fourth-order valence-corrected chi connectivity index (χ4v) is 1.76. The molecule has 0 atom stereocenters. The molecule has 0 aromatic heterocycles. The molecule has 0 heterocycles. The number of carbonyl (C=O) groups is 2. The Morgan fingerprint density at radius 1 is 1.38 bits per heavy atom. The minimum absolute atomic E-state index is 0.0377. The molecule has 1 rings (SSSR count). The van der Waals surface area contributed by atoms with Crippen LogP contribution in [0.2, 0.25) is 0 Å². The Morgan fingerprint density at radius 3 is 2.67 bits per heavy atom. The molecule has 8 heteroatoms. The van der Waals surface area contributed by atoms with Gasteiger partial charge in [0.2, 0.25) is 5.75 Å². The molecule has 2 N–H and O–H groups in total. The van der Waals surface area contributed by atoms with Gasteiger partial charge >= 0.3 is 11.7 Å². The number of unbranched alkanes of at least 4 members (excludes halogenated alkanes) is 1. The number of rotatable bonds is 8. The number of nitrogens with zero attached hydrogens (tertiary/aromatic N) is 1. The smallest absolute Gasteiger partial charge is 0.311 e. The van der Waals surface area contributed by atoms with Crippen LogP contribution in [0.5, 0.6) is 5.75 Å². The predicted molar refractivity (Wildman–Crippen MR) is 73.5 cm³/mol. The molecule has 0 aliphatic rings. The summed E-state index contributed by atoms with van der Waals surface area (Å²) in [6, 6.07) is 4.08. The van der Waals surface area contributed by atoms with Crippen molar-refractivity contribution in [3.8, 4) is 5.75 Å². The van der Waals surface area contributed by atoms with Crippen molar-refractivity contribution in [2.24, 2.45) is 0 Å². The van der Waals surface area contributed by atoms with Gasteiger partial charge in [0.25, 0.3) is 5.91 Å². The molecule has 1 amide bonds. The zero-order chi connectivity index (χ0) is 15.8. The van der Waals surface area contributed by atoms with E-state index in [4.69, 9.17) is 9.84 Å². The molecule has 8 nitrogen and oxygen atoms in total. The van der Waals surface area contributed by atoms with Crippen molar-refractivity contribution in [3.63, 3.8) is 0 Å². The number of para-hydroxylation sites is 1. The SMILES string of the molecule is COc1c(C(=O)NCCCCC(=O)O)cccc1[N+](=O)[O-]. The third-order valence-corrected chi connectivity index (χ3v) is 2.74. The molecule has 0 saturated heterocycles. The van der Waals surface area contributed by atoms with E-state index in [0.717, 1.165) is 0 Å². The maximum Gasteiger partial charge on any atom is 0.311 e. The normalized spacial score (nSPS) is 9.95. The highest BCUT2D eigenvalue weighted by Gasteiger charge is 2.22. The summed E-state index contributed by atoms with van der Waals surface area (Å²) in [4.78, 5) is 32.5. The number of carboxylic acid groups (broad SMARTS) is 1. The lowest BCUT2D eigenvalue weighted by Gasteiger charge is -2.09. The molecule has 0 unspecified atom stereocenters. The fraction of sp³-hybridized carbons (Fsp3) is 0.385. The summed E-state index contributed by atoms with van der Waals surface area (Å²) >= 11 is 0. The van der Waals surface area contributed by atoms with Gasteiger partial charge in [-0.25, -0.2) is 0 Å². The van der Waals surface area contributed by atoms with Crippen molar-refractivity contribution in [1.82, 2.24) is 5.32 Å². The van der Waals surface area contributed by atoms with E-state index in [1.807, 2.05) is 0 Å². The van der Waals surface area contributed by atoms with Gasteiger partial charge in [-0.05, 0) is 18.9 Å². The van der Waals surface area contributed by atoms with Gasteiger partial charge in [0, 0.05) is 19.0 Å². The van der Waals surface area contributed by atoms with Crippen LogP contribution in [-0.4, -0.2) is 35.6 Å². The number of nitro benzene ring substituents is 1. The number of nitrogens with one attached hydrogen (secondary N) is 1. The highest BCUT2D eigenvalue weighted by atomic mass is 16.6. The zero-order valence-corrected chi connectivity index (χ0v) is 11.5. The highest BCUT2D eigenvalue weighted by molar-refractivity contribution is 5.98. The molecule has 0 fully saturated rings. The van der Waals surface area contributed by atoms with Crippen LogP contribution in [0, 0.1) is 10.1 Å². The molecule has 0 aliphatic heterocycles. The van der Waals surface area contributed by atoms with Gasteiger partial charge in [0.15, 0.2) is 0 Å². The number of methoxy groups -OCH3 is 1. The number of nitro groups is 1. The summed E-state index contributed by atoms with van der Waals surface area (Å²) in [7, 11) is 1.26. The van der Waals surface area contributed by atoms with Gasteiger partial charge < -0.3 is 15.2 Å². The third-order valence-electron chi connectivity index (χ3n) is 2.74. The van der Waals surface area contributed by atoms with E-state index in [9.17, 15) is 19.7 Å². The van der Waals surface area contributed by atoms with E-state index in [2.05, 4.69) is 5.32 Å². The standard InChI is InChI=1S/C13H16N2O6/c1-21-12-9(5-4-6-10(12)15(19)20)13(18)14-8-3-2-7-11(16)17/h4-6H,2-3,7-8H2,1H3,(H,14,18)(H,16,17). The van der Waals surface area contributed by atoms with Gasteiger partial charge in [0.1, 0.15) is 0 Å². The first kappa shape index (κ1) is 16.4. The third kappa shape index (κ3) is 4.75. The maximum atomic E-state index is 12.0. The number of ether oxygens (including phenoxy) is 1. The molecule has 0 bridgehead atoms. The number of benzene rings is 1. The Morgan fingerprint density at radius 2 is 2.10 bits per heavy atom. The second-order valence-electron chi connectivity index (χ2n) is 4.22. The summed E-state index contributed by atoms with van der Waals surface area (Å²) in [5.41, 5.74) is -0.207. The van der Waals surface area contributed by atoms with Crippen molar-refractivity contribution in [2.45, 2.75) is 19.3 Å². The molecule has 21 heavy (non-hydrogen) atoms. The lowest BCUT2D eigenvalue weighted by molar-refractivity contribution is -0.385. The lowest BCUT2D eigenvalue weighted by atomic mass is 10.1. The van der Waals surface area contributed by atoms with Crippen LogP contribution in [0.1, 0.15) is 29.6 Å². The van der Waals surface area contributed by atoms with Crippen molar-refractivity contribution in [1.29, 1.82) is 0 Å². The largest absolute Gasteiger partial charge is 0.490 e. The number of carboxylic acids is 1. The first-order valence-corrected chi connectivity index (χ1v) is 6.28. The molecule has 1 aromatic carbocycles. The van der Waals surface area contributed by atoms with Crippen LogP contribution in [0.25, 0.3) is 0 Å². The summed E-state index contributed by atoms with van der Waals surface area (Å²) in [5, 5.41) is 21.9. The van der Waals surface area contributed by atoms with E-state index in [-0.39, 0.29) is 30.0 Å². The number of amides is 1. The van der Waals surface area contributed by atoms with E-state index in [0.29, 0.717) is 12.8 Å². The Bertz CT molecular complexity index is 543. The molecule has 114 valence electrons. The number of carbonyl (C=O) groups excluding carboxylic acids is 1. The minimum Gasteiger partial charge on any atom is -0.490 e. The average Bonchev–Trinajstić information content (AvgIpc) is 2.45. The molecular formula is C13H16N2O6. The van der Waals surface area contributed by atoms with Gasteiger partial charge in [0.05, 0.1) is 17.6 Å². The van der Waals surface area contributed by atoms with Crippen LogP contribution in [0.3, 0.4) is 0 Å². The van der Waals surface area contributed by atoms with Crippen LogP contribution >= 0.6 is 0 Å². The van der Waals surface area contributed by atoms with E-state index < -0.39 is 16.8 Å². The summed E-state index contributed by atoms with van der Waals surface area (Å²) in [5.74, 6) is -1.47. The monoisotopic (exact) mass is 296 g/mol. The molecule has 0 aliphatic carbocycles. The van der Waals surface area contributed by atoms with Crippen LogP contribution < -0.4 is 10.1 Å². The predicted octanol–water partition coefficient (Wildman–Crippen LogP) is 1.59. The van der Waals surface area contributed by atoms with Crippen molar-refractivity contribution in [3.05, 3.63) is 33.9 Å². The lowest BCUT2D eigenvalue weighted by Crippen LogP contribution is -2.25. The van der Waals surface area contributed by atoms with E-state index in [1.165, 1.54) is 25.3 Å². The first-order valence-electron chi connectivity index (χ1n) is 6.28. The number of hydrogen-bond acceptors (Lipinski definition) is 5. The van der Waals surface area contributed by atoms with Gasteiger partial charge in [-0.15, -0.1) is 0 Å². The maximum absolute atomic E-state index is 12.0. The van der Waals surface area contributed by atoms with E-state index >= 15 is 0 Å². The van der Waals surface area contributed by atoms with E-state index in [1.54, 1.807) is 0 Å². The summed E-state index contributed by atoms with van der Waals surface area (Å²) in [6.45, 7) is 0.290. The minimum atomic E-state index is -0.887. The highest BCUT2D eigenvalue weighted by Crippen LogP contribution is 2.30.